The molecule has 0 radical (unpaired) electrons. The molecule has 0 aliphatic carbocycles. The number of methoxy groups -OCH3 is 2. The molecule has 0 aromatic heterocycles. The van der Waals surface area contributed by atoms with E-state index in [4.69, 9.17) is 18.9 Å². The van der Waals surface area contributed by atoms with Crippen LogP contribution >= 0.6 is 24.0 Å². The Morgan fingerprint density at radius 3 is 2.50 bits per heavy atom. The van der Waals surface area contributed by atoms with Crippen molar-refractivity contribution in [2.45, 2.75) is 26.3 Å². The molecule has 2 N–H and O–H groups in total. The maximum Gasteiger partial charge on any atom is 0.231 e. The topological polar surface area (TPSA) is 73.3 Å². The van der Waals surface area contributed by atoms with Gasteiger partial charge >= 0.3 is 0 Å². The van der Waals surface area contributed by atoms with Crippen molar-refractivity contribution in [3.63, 3.8) is 0 Å². The fourth-order valence-corrected chi connectivity index (χ4v) is 3.09. The molecule has 0 saturated heterocycles. The minimum absolute atomic E-state index is 0. The number of hydrogen-bond donors (Lipinski definition) is 2. The molecule has 1 aliphatic rings. The second-order valence-electron chi connectivity index (χ2n) is 6.60. The highest BCUT2D eigenvalue weighted by atomic mass is 127. The van der Waals surface area contributed by atoms with Gasteiger partial charge in [0.15, 0.2) is 29.0 Å². The molecule has 0 saturated carbocycles. The fourth-order valence-electron chi connectivity index (χ4n) is 3.09. The van der Waals surface area contributed by atoms with E-state index in [-0.39, 0.29) is 30.8 Å². The summed E-state index contributed by atoms with van der Waals surface area (Å²) >= 11 is 0. The van der Waals surface area contributed by atoms with Crippen LogP contribution in [-0.2, 0) is 13.0 Å². The van der Waals surface area contributed by atoms with Gasteiger partial charge in [-0.1, -0.05) is 12.1 Å². The molecule has 0 fully saturated rings. The third kappa shape index (κ3) is 6.58. The molecule has 0 spiro atoms. The van der Waals surface area contributed by atoms with E-state index in [1.807, 2.05) is 30.3 Å². The van der Waals surface area contributed by atoms with Crippen molar-refractivity contribution in [2.24, 2.45) is 4.99 Å². The predicted molar refractivity (Wildman–Crippen MR) is 129 cm³/mol. The molecule has 1 aliphatic heterocycles. The van der Waals surface area contributed by atoms with Crippen LogP contribution in [0.4, 0.5) is 0 Å². The molecule has 7 nitrogen and oxygen atoms in total. The highest BCUT2D eigenvalue weighted by molar-refractivity contribution is 14.0. The average molecular weight is 527 g/mol. The maximum atomic E-state index is 5.43. The smallest absolute Gasteiger partial charge is 0.231 e. The van der Waals surface area contributed by atoms with E-state index < -0.39 is 0 Å². The van der Waals surface area contributed by atoms with Crippen LogP contribution in [0.2, 0.25) is 0 Å². The first kappa shape index (κ1) is 23.9. The van der Waals surface area contributed by atoms with Crippen LogP contribution in [0.5, 0.6) is 23.0 Å². The van der Waals surface area contributed by atoms with E-state index in [1.54, 1.807) is 14.2 Å². The van der Waals surface area contributed by atoms with Gasteiger partial charge < -0.3 is 29.6 Å². The Labute approximate surface area is 195 Å². The number of aliphatic imine (C=N–C) groups is 1. The summed E-state index contributed by atoms with van der Waals surface area (Å²) in [7, 11) is 3.30. The summed E-state index contributed by atoms with van der Waals surface area (Å²) < 4.78 is 21.4. The zero-order chi connectivity index (χ0) is 20.5. The number of rotatable bonds is 9. The van der Waals surface area contributed by atoms with E-state index in [1.165, 1.54) is 5.56 Å². The Morgan fingerprint density at radius 2 is 1.73 bits per heavy atom. The number of nitrogens with zero attached hydrogens (tertiary/aromatic N) is 1. The van der Waals surface area contributed by atoms with Crippen LogP contribution in [0.3, 0.4) is 0 Å². The first-order chi connectivity index (χ1) is 14.2. The monoisotopic (exact) mass is 527 g/mol. The van der Waals surface area contributed by atoms with E-state index in [0.29, 0.717) is 6.54 Å². The highest BCUT2D eigenvalue weighted by Crippen LogP contribution is 2.32. The Morgan fingerprint density at radius 1 is 0.967 bits per heavy atom. The lowest BCUT2D eigenvalue weighted by atomic mass is 10.1. The van der Waals surface area contributed by atoms with Crippen molar-refractivity contribution in [3.05, 3.63) is 47.5 Å². The molecule has 0 amide bonds. The number of hydrogen-bond acceptors (Lipinski definition) is 5. The molecule has 164 valence electrons. The van der Waals surface area contributed by atoms with Crippen LogP contribution < -0.4 is 29.6 Å². The van der Waals surface area contributed by atoms with Crippen LogP contribution in [0.25, 0.3) is 0 Å². The summed E-state index contributed by atoms with van der Waals surface area (Å²) in [6.45, 7) is 4.54. The molecule has 30 heavy (non-hydrogen) atoms. The Hall–Kier alpha value is -2.36. The minimum atomic E-state index is 0. The van der Waals surface area contributed by atoms with Crippen molar-refractivity contribution in [1.29, 1.82) is 0 Å². The summed E-state index contributed by atoms with van der Waals surface area (Å²) in [4.78, 5) is 4.67. The average Bonchev–Trinajstić information content (AvgIpc) is 3.22. The molecule has 2 aromatic carbocycles. The maximum absolute atomic E-state index is 5.43. The Kier molecular flexibility index (Phi) is 9.85. The molecule has 0 atom stereocenters. The quantitative estimate of drug-likeness (QED) is 0.224. The molecule has 1 heterocycles. The number of ether oxygens (including phenoxy) is 4. The zero-order valence-electron chi connectivity index (χ0n) is 17.7. The second-order valence-corrected chi connectivity index (χ2v) is 6.60. The lowest BCUT2D eigenvalue weighted by Gasteiger charge is -2.12. The summed E-state index contributed by atoms with van der Waals surface area (Å²) in [5.41, 5.74) is 2.29. The van der Waals surface area contributed by atoms with E-state index >= 15 is 0 Å². The van der Waals surface area contributed by atoms with Gasteiger partial charge in [0.1, 0.15) is 0 Å². The molecule has 0 unspecified atom stereocenters. The van der Waals surface area contributed by atoms with Gasteiger partial charge in [-0.15, -0.1) is 24.0 Å². The fraction of sp³-hybridized carbons (Fsp3) is 0.409. The van der Waals surface area contributed by atoms with E-state index in [9.17, 15) is 0 Å². The van der Waals surface area contributed by atoms with Crippen LogP contribution in [-0.4, -0.2) is 40.1 Å². The second kappa shape index (κ2) is 12.4. The number of nitrogens with one attached hydrogen (secondary N) is 2. The summed E-state index contributed by atoms with van der Waals surface area (Å²) in [5.74, 6) is 3.89. The molecule has 0 bridgehead atoms. The summed E-state index contributed by atoms with van der Waals surface area (Å²) in [5, 5.41) is 6.68. The molecular formula is C22H30IN3O4. The van der Waals surface area contributed by atoms with Crippen LogP contribution in [0.1, 0.15) is 24.5 Å². The number of fused-ring (bicyclic) bond motifs is 1. The summed E-state index contributed by atoms with van der Waals surface area (Å²) in [6, 6.07) is 12.0. The number of aryl methyl sites for hydroxylation is 1. The van der Waals surface area contributed by atoms with Gasteiger partial charge in [0.05, 0.1) is 20.8 Å². The van der Waals surface area contributed by atoms with Gasteiger partial charge in [-0.2, -0.15) is 0 Å². The molecule has 2 aromatic rings. The van der Waals surface area contributed by atoms with Gasteiger partial charge in [0.25, 0.3) is 0 Å². The van der Waals surface area contributed by atoms with Crippen LogP contribution in [0, 0.1) is 0 Å². The third-order valence-electron chi connectivity index (χ3n) is 4.58. The molecular weight excluding hydrogens is 497 g/mol. The van der Waals surface area contributed by atoms with E-state index in [2.05, 4.69) is 28.6 Å². The molecule has 3 rings (SSSR count). The first-order valence-corrected chi connectivity index (χ1v) is 9.85. The highest BCUT2D eigenvalue weighted by Gasteiger charge is 2.13. The largest absolute Gasteiger partial charge is 0.493 e. The van der Waals surface area contributed by atoms with Crippen molar-refractivity contribution in [2.75, 3.05) is 34.1 Å². The van der Waals surface area contributed by atoms with Crippen LogP contribution in [0.15, 0.2) is 41.4 Å². The number of benzene rings is 2. The number of halogens is 1. The normalized spacial score (nSPS) is 12.2. The predicted octanol–water partition coefficient (Wildman–Crippen LogP) is 3.74. The van der Waals surface area contributed by atoms with Crippen molar-refractivity contribution < 1.29 is 18.9 Å². The third-order valence-corrected chi connectivity index (χ3v) is 4.58. The molecule has 8 heteroatoms. The van der Waals surface area contributed by atoms with Gasteiger partial charge in [0.2, 0.25) is 6.79 Å². The SMILES string of the molecule is CCNC(=NCc1ccc2c(c1)OCO2)NCCCc1ccc(OC)c(OC)c1.I. The number of guanidine groups is 1. The zero-order valence-corrected chi connectivity index (χ0v) is 20.0. The standard InChI is InChI=1S/C22H29N3O4.HI/c1-4-23-22(25-14-17-8-10-19-21(13-17)29-15-28-19)24-11-5-6-16-7-9-18(26-2)20(12-16)27-3;/h7-10,12-13H,4-6,11,14-15H2,1-3H3,(H2,23,24,25);1H. The van der Waals surface area contributed by atoms with Crippen molar-refractivity contribution in [3.8, 4) is 23.0 Å². The van der Waals surface area contributed by atoms with Gasteiger partial charge in [-0.3, -0.25) is 0 Å². The Bertz CT molecular complexity index is 845. The van der Waals surface area contributed by atoms with Gasteiger partial charge in [-0.25, -0.2) is 4.99 Å². The van der Waals surface area contributed by atoms with Crippen molar-refractivity contribution in [1.82, 2.24) is 10.6 Å². The Balaban J connectivity index is 0.00000320. The van der Waals surface area contributed by atoms with E-state index in [0.717, 1.165) is 60.5 Å². The van der Waals surface area contributed by atoms with Crippen molar-refractivity contribution >= 4 is 29.9 Å². The first-order valence-electron chi connectivity index (χ1n) is 9.85. The summed E-state index contributed by atoms with van der Waals surface area (Å²) in [6.07, 6.45) is 1.92. The lowest BCUT2D eigenvalue weighted by molar-refractivity contribution is 0.174. The van der Waals surface area contributed by atoms with Gasteiger partial charge in [-0.05, 0) is 55.2 Å². The lowest BCUT2D eigenvalue weighted by Crippen LogP contribution is -2.37. The minimum Gasteiger partial charge on any atom is -0.493 e. The van der Waals surface area contributed by atoms with Gasteiger partial charge in [0, 0.05) is 13.1 Å².